The standard InChI is InChI=1S/C14H21NO/c1-14(2,11-15)13(16)10-6-9-12-7-4-3-5-8-12/h3-5,7-8H,6,9-11,15H2,1-2H3. The van der Waals surface area contributed by atoms with E-state index in [1.165, 1.54) is 5.56 Å². The number of hydrogen-bond acceptors (Lipinski definition) is 2. The van der Waals surface area contributed by atoms with Crippen molar-refractivity contribution in [2.24, 2.45) is 11.1 Å². The minimum absolute atomic E-state index is 0.269. The lowest BCUT2D eigenvalue weighted by atomic mass is 9.85. The molecule has 0 aliphatic rings. The molecule has 0 unspecified atom stereocenters. The number of carbonyl (C=O) groups is 1. The molecule has 0 aliphatic carbocycles. The van der Waals surface area contributed by atoms with Gasteiger partial charge in [-0.25, -0.2) is 0 Å². The average Bonchev–Trinajstić information content (AvgIpc) is 2.30. The first-order chi connectivity index (χ1) is 7.56. The molecule has 1 aromatic carbocycles. The first-order valence-electron chi connectivity index (χ1n) is 5.83. The molecule has 0 amide bonds. The second-order valence-corrected chi connectivity index (χ2v) is 4.85. The van der Waals surface area contributed by atoms with Crippen LogP contribution in [0.4, 0.5) is 0 Å². The van der Waals surface area contributed by atoms with E-state index in [2.05, 4.69) is 12.1 Å². The molecular formula is C14H21NO. The topological polar surface area (TPSA) is 43.1 Å². The van der Waals surface area contributed by atoms with Gasteiger partial charge in [-0.2, -0.15) is 0 Å². The Morgan fingerprint density at radius 1 is 1.25 bits per heavy atom. The van der Waals surface area contributed by atoms with Gasteiger partial charge in [0.25, 0.3) is 0 Å². The maximum absolute atomic E-state index is 11.8. The van der Waals surface area contributed by atoms with Crippen LogP contribution in [-0.2, 0) is 11.2 Å². The van der Waals surface area contributed by atoms with Crippen LogP contribution in [0, 0.1) is 5.41 Å². The zero-order valence-corrected chi connectivity index (χ0v) is 10.2. The van der Waals surface area contributed by atoms with Crippen LogP contribution >= 0.6 is 0 Å². The fourth-order valence-corrected chi connectivity index (χ4v) is 1.55. The van der Waals surface area contributed by atoms with Crippen molar-refractivity contribution in [2.75, 3.05) is 6.54 Å². The Morgan fingerprint density at radius 3 is 2.44 bits per heavy atom. The smallest absolute Gasteiger partial charge is 0.139 e. The van der Waals surface area contributed by atoms with Gasteiger partial charge >= 0.3 is 0 Å². The third-order valence-corrected chi connectivity index (χ3v) is 2.98. The second-order valence-electron chi connectivity index (χ2n) is 4.85. The maximum atomic E-state index is 11.8. The van der Waals surface area contributed by atoms with E-state index in [-0.39, 0.29) is 11.2 Å². The molecule has 16 heavy (non-hydrogen) atoms. The summed E-state index contributed by atoms with van der Waals surface area (Å²) < 4.78 is 0. The van der Waals surface area contributed by atoms with Gasteiger partial charge in [0, 0.05) is 18.4 Å². The lowest BCUT2D eigenvalue weighted by Gasteiger charge is -2.20. The summed E-state index contributed by atoms with van der Waals surface area (Å²) in [6.07, 6.45) is 2.50. The van der Waals surface area contributed by atoms with Gasteiger partial charge in [0.15, 0.2) is 0 Å². The summed E-state index contributed by atoms with van der Waals surface area (Å²) in [5.74, 6) is 0.269. The molecule has 0 atom stereocenters. The molecule has 0 bridgehead atoms. The largest absolute Gasteiger partial charge is 0.329 e. The van der Waals surface area contributed by atoms with Gasteiger partial charge in [0.1, 0.15) is 5.78 Å². The fraction of sp³-hybridized carbons (Fsp3) is 0.500. The number of hydrogen-bond donors (Lipinski definition) is 1. The second kappa shape index (κ2) is 5.80. The number of benzene rings is 1. The molecule has 0 spiro atoms. The molecule has 88 valence electrons. The number of ketones is 1. The Labute approximate surface area is 97.9 Å². The highest BCUT2D eigenvalue weighted by Crippen LogP contribution is 2.18. The Morgan fingerprint density at radius 2 is 1.88 bits per heavy atom. The highest BCUT2D eigenvalue weighted by atomic mass is 16.1. The van der Waals surface area contributed by atoms with E-state index in [0.717, 1.165) is 12.8 Å². The third kappa shape index (κ3) is 3.78. The molecule has 0 saturated carbocycles. The molecule has 0 aromatic heterocycles. The Kier molecular flexibility index (Phi) is 4.69. The summed E-state index contributed by atoms with van der Waals surface area (Å²) in [7, 11) is 0. The van der Waals surface area contributed by atoms with Crippen molar-refractivity contribution in [2.45, 2.75) is 33.1 Å². The van der Waals surface area contributed by atoms with Crippen molar-refractivity contribution in [3.63, 3.8) is 0 Å². The predicted octanol–water partition coefficient (Wildman–Crippen LogP) is 2.56. The van der Waals surface area contributed by atoms with Gasteiger partial charge in [0.2, 0.25) is 0 Å². The van der Waals surface area contributed by atoms with Crippen LogP contribution in [0.1, 0.15) is 32.3 Å². The number of nitrogens with two attached hydrogens (primary N) is 1. The van der Waals surface area contributed by atoms with Crippen LogP contribution in [-0.4, -0.2) is 12.3 Å². The summed E-state index contributed by atoms with van der Waals surface area (Å²) >= 11 is 0. The zero-order valence-electron chi connectivity index (χ0n) is 10.2. The van der Waals surface area contributed by atoms with E-state index in [1.807, 2.05) is 32.0 Å². The zero-order chi connectivity index (χ0) is 12.0. The molecule has 0 aliphatic heterocycles. The van der Waals surface area contributed by atoms with Gasteiger partial charge in [-0.3, -0.25) is 4.79 Å². The minimum Gasteiger partial charge on any atom is -0.329 e. The van der Waals surface area contributed by atoms with Crippen LogP contribution < -0.4 is 5.73 Å². The highest BCUT2D eigenvalue weighted by molar-refractivity contribution is 5.84. The Balaban J connectivity index is 2.34. The van der Waals surface area contributed by atoms with E-state index in [1.54, 1.807) is 0 Å². The van der Waals surface area contributed by atoms with Crippen LogP contribution in [0.25, 0.3) is 0 Å². The van der Waals surface area contributed by atoms with E-state index >= 15 is 0 Å². The summed E-state index contributed by atoms with van der Waals surface area (Å²) in [5.41, 5.74) is 6.50. The fourth-order valence-electron chi connectivity index (χ4n) is 1.55. The number of aryl methyl sites for hydroxylation is 1. The van der Waals surface area contributed by atoms with Gasteiger partial charge < -0.3 is 5.73 Å². The predicted molar refractivity (Wildman–Crippen MR) is 67.2 cm³/mol. The monoisotopic (exact) mass is 219 g/mol. The van der Waals surface area contributed by atoms with Crippen molar-refractivity contribution < 1.29 is 4.79 Å². The molecule has 0 heterocycles. The van der Waals surface area contributed by atoms with Crippen molar-refractivity contribution in [1.29, 1.82) is 0 Å². The van der Waals surface area contributed by atoms with E-state index < -0.39 is 0 Å². The molecule has 1 aromatic rings. The quantitative estimate of drug-likeness (QED) is 0.799. The van der Waals surface area contributed by atoms with Crippen LogP contribution in [0.15, 0.2) is 30.3 Å². The van der Waals surface area contributed by atoms with Crippen molar-refractivity contribution in [3.05, 3.63) is 35.9 Å². The maximum Gasteiger partial charge on any atom is 0.139 e. The van der Waals surface area contributed by atoms with Gasteiger partial charge in [-0.05, 0) is 18.4 Å². The Hall–Kier alpha value is -1.15. The van der Waals surface area contributed by atoms with Crippen molar-refractivity contribution >= 4 is 5.78 Å². The summed E-state index contributed by atoms with van der Waals surface area (Å²) in [6, 6.07) is 10.3. The average molecular weight is 219 g/mol. The van der Waals surface area contributed by atoms with Crippen LogP contribution in [0.5, 0.6) is 0 Å². The highest BCUT2D eigenvalue weighted by Gasteiger charge is 2.24. The van der Waals surface area contributed by atoms with Crippen LogP contribution in [0.2, 0.25) is 0 Å². The van der Waals surface area contributed by atoms with E-state index in [4.69, 9.17) is 5.73 Å². The van der Waals surface area contributed by atoms with E-state index in [0.29, 0.717) is 13.0 Å². The summed E-state index contributed by atoms with van der Waals surface area (Å²) in [6.45, 7) is 4.26. The molecule has 0 radical (unpaired) electrons. The molecule has 1 rings (SSSR count). The third-order valence-electron chi connectivity index (χ3n) is 2.98. The van der Waals surface area contributed by atoms with Gasteiger partial charge in [0.05, 0.1) is 0 Å². The first-order valence-corrected chi connectivity index (χ1v) is 5.83. The normalized spacial score (nSPS) is 11.4. The molecule has 2 N–H and O–H groups in total. The van der Waals surface area contributed by atoms with Crippen LogP contribution in [0.3, 0.4) is 0 Å². The van der Waals surface area contributed by atoms with Crippen molar-refractivity contribution in [1.82, 2.24) is 0 Å². The number of Topliss-reactive ketones (excluding diaryl/α,β-unsaturated/α-hetero) is 1. The number of carbonyl (C=O) groups excluding carboxylic acids is 1. The lowest BCUT2D eigenvalue weighted by Crippen LogP contribution is -2.32. The lowest BCUT2D eigenvalue weighted by molar-refractivity contribution is -0.126. The Bertz CT molecular complexity index is 330. The van der Waals surface area contributed by atoms with E-state index in [9.17, 15) is 4.79 Å². The van der Waals surface area contributed by atoms with Gasteiger partial charge in [-0.1, -0.05) is 44.2 Å². The molecule has 0 saturated heterocycles. The molecule has 2 nitrogen and oxygen atoms in total. The van der Waals surface area contributed by atoms with Crippen molar-refractivity contribution in [3.8, 4) is 0 Å². The first kappa shape index (κ1) is 12.9. The summed E-state index contributed by atoms with van der Waals surface area (Å²) in [4.78, 5) is 11.8. The number of rotatable bonds is 6. The van der Waals surface area contributed by atoms with Gasteiger partial charge in [-0.15, -0.1) is 0 Å². The molecular weight excluding hydrogens is 198 g/mol. The SMILES string of the molecule is CC(C)(CN)C(=O)CCCc1ccccc1. The summed E-state index contributed by atoms with van der Waals surface area (Å²) in [5, 5.41) is 0. The molecule has 2 heteroatoms. The minimum atomic E-state index is -0.364. The molecule has 0 fully saturated rings.